The molecule has 1 atom stereocenters. The molecule has 0 aliphatic heterocycles. The Labute approximate surface area is 162 Å². The highest BCUT2D eigenvalue weighted by Gasteiger charge is 2.27. The third kappa shape index (κ3) is 2.82. The van der Waals surface area contributed by atoms with E-state index in [-0.39, 0.29) is 10.8 Å². The average Bonchev–Trinajstić information content (AvgIpc) is 3.06. The zero-order valence-corrected chi connectivity index (χ0v) is 16.5. The molecule has 0 saturated heterocycles. The Morgan fingerprint density at radius 1 is 1.38 bits per heavy atom. The molecule has 8 heteroatoms. The molecule has 26 heavy (non-hydrogen) atoms. The van der Waals surface area contributed by atoms with Crippen molar-refractivity contribution in [3.63, 3.8) is 0 Å². The minimum Gasteiger partial charge on any atom is -0.323 e. The SMILES string of the molecule is CC(Sc1nccn1C1CC1)c1nc2scc(-c3cccs3)c2c(=O)[nH]1. The van der Waals surface area contributed by atoms with Gasteiger partial charge in [-0.3, -0.25) is 4.79 Å². The summed E-state index contributed by atoms with van der Waals surface area (Å²) in [7, 11) is 0. The molecular formula is C18H16N4OS3. The topological polar surface area (TPSA) is 63.6 Å². The number of hydrogen-bond donors (Lipinski definition) is 1. The second-order valence-electron chi connectivity index (χ2n) is 6.37. The largest absolute Gasteiger partial charge is 0.323 e. The van der Waals surface area contributed by atoms with Crippen molar-refractivity contribution in [1.82, 2.24) is 19.5 Å². The number of nitrogens with zero attached hydrogens (tertiary/aromatic N) is 3. The van der Waals surface area contributed by atoms with Crippen LogP contribution < -0.4 is 5.56 Å². The lowest BCUT2D eigenvalue weighted by Crippen LogP contribution is -2.12. The van der Waals surface area contributed by atoms with Gasteiger partial charge in [0.05, 0.1) is 10.6 Å². The number of aromatic nitrogens is 4. The lowest BCUT2D eigenvalue weighted by molar-refractivity contribution is 0.661. The van der Waals surface area contributed by atoms with Crippen LogP contribution >= 0.6 is 34.4 Å². The first-order valence-electron chi connectivity index (χ1n) is 8.45. The fraction of sp³-hybridized carbons (Fsp3) is 0.278. The molecule has 1 aliphatic rings. The smallest absolute Gasteiger partial charge is 0.260 e. The van der Waals surface area contributed by atoms with Crippen molar-refractivity contribution in [3.05, 3.63) is 51.5 Å². The van der Waals surface area contributed by atoms with Gasteiger partial charge in [0.15, 0.2) is 5.16 Å². The molecule has 0 spiro atoms. The summed E-state index contributed by atoms with van der Waals surface area (Å²) in [5.74, 6) is 0.706. The van der Waals surface area contributed by atoms with E-state index in [0.29, 0.717) is 17.3 Å². The monoisotopic (exact) mass is 400 g/mol. The summed E-state index contributed by atoms with van der Waals surface area (Å²) in [5.41, 5.74) is 0.914. The van der Waals surface area contributed by atoms with E-state index in [1.165, 1.54) is 24.2 Å². The fourth-order valence-electron chi connectivity index (χ4n) is 3.01. The second kappa shape index (κ2) is 6.37. The van der Waals surface area contributed by atoms with Crippen molar-refractivity contribution in [3.8, 4) is 10.4 Å². The van der Waals surface area contributed by atoms with Crippen molar-refractivity contribution >= 4 is 44.7 Å². The summed E-state index contributed by atoms with van der Waals surface area (Å²) >= 11 is 4.81. The standard InChI is InChI=1S/C18H16N4OS3/c1-10(26-18-19-6-7-22(18)11-4-5-11)15-20-16(23)14-12(9-25-17(14)21-15)13-3-2-8-24-13/h2-3,6-11H,4-5H2,1H3,(H,20,21,23). The highest BCUT2D eigenvalue weighted by molar-refractivity contribution is 7.99. The van der Waals surface area contributed by atoms with Crippen LogP contribution in [0.15, 0.2) is 45.2 Å². The minimum absolute atomic E-state index is 0.0271. The van der Waals surface area contributed by atoms with Crippen molar-refractivity contribution in [2.75, 3.05) is 0 Å². The van der Waals surface area contributed by atoms with Gasteiger partial charge in [-0.15, -0.1) is 22.7 Å². The van der Waals surface area contributed by atoms with Gasteiger partial charge in [-0.2, -0.15) is 0 Å². The van der Waals surface area contributed by atoms with E-state index in [1.54, 1.807) is 23.1 Å². The van der Waals surface area contributed by atoms with Crippen LogP contribution in [-0.4, -0.2) is 19.5 Å². The van der Waals surface area contributed by atoms with Gasteiger partial charge >= 0.3 is 0 Å². The van der Waals surface area contributed by atoms with Crippen LogP contribution in [0.3, 0.4) is 0 Å². The number of nitrogens with one attached hydrogen (secondary N) is 1. The van der Waals surface area contributed by atoms with Gasteiger partial charge in [0.25, 0.3) is 5.56 Å². The van der Waals surface area contributed by atoms with Gasteiger partial charge in [-0.1, -0.05) is 17.8 Å². The van der Waals surface area contributed by atoms with Crippen molar-refractivity contribution in [2.24, 2.45) is 0 Å². The molecule has 1 fully saturated rings. The number of thioether (sulfide) groups is 1. The summed E-state index contributed by atoms with van der Waals surface area (Å²) in [6.45, 7) is 2.06. The number of H-pyrrole nitrogens is 1. The normalized spacial score (nSPS) is 15.6. The van der Waals surface area contributed by atoms with Gasteiger partial charge in [0.1, 0.15) is 10.7 Å². The predicted molar refractivity (Wildman–Crippen MR) is 108 cm³/mol. The predicted octanol–water partition coefficient (Wildman–Crippen LogP) is 5.10. The van der Waals surface area contributed by atoms with Gasteiger partial charge < -0.3 is 9.55 Å². The van der Waals surface area contributed by atoms with Crippen molar-refractivity contribution in [2.45, 2.75) is 36.2 Å². The van der Waals surface area contributed by atoms with Crippen LogP contribution in [0.4, 0.5) is 0 Å². The molecule has 4 aromatic heterocycles. The van der Waals surface area contributed by atoms with E-state index < -0.39 is 0 Å². The molecular weight excluding hydrogens is 384 g/mol. The summed E-state index contributed by atoms with van der Waals surface area (Å²) in [5, 5.41) is 5.76. The third-order valence-corrected chi connectivity index (χ3v) is 7.37. The molecule has 4 aromatic rings. The Balaban J connectivity index is 1.49. The van der Waals surface area contributed by atoms with Crippen molar-refractivity contribution < 1.29 is 0 Å². The van der Waals surface area contributed by atoms with Gasteiger partial charge in [-0.25, -0.2) is 9.97 Å². The van der Waals surface area contributed by atoms with Crippen LogP contribution in [0.2, 0.25) is 0 Å². The number of rotatable bonds is 5. The maximum atomic E-state index is 12.8. The molecule has 5 rings (SSSR count). The highest BCUT2D eigenvalue weighted by Crippen LogP contribution is 2.41. The van der Waals surface area contributed by atoms with E-state index in [4.69, 9.17) is 4.98 Å². The Hall–Kier alpha value is -1.90. The molecule has 1 unspecified atom stereocenters. The third-order valence-electron chi connectivity index (χ3n) is 4.49. The summed E-state index contributed by atoms with van der Waals surface area (Å²) < 4.78 is 2.23. The number of thiophene rings is 2. The van der Waals surface area contributed by atoms with E-state index in [2.05, 4.69) is 21.5 Å². The van der Waals surface area contributed by atoms with Gasteiger partial charge in [0, 0.05) is 34.3 Å². The Bertz CT molecular complexity index is 1120. The van der Waals surface area contributed by atoms with Crippen LogP contribution in [0, 0.1) is 0 Å². The van der Waals surface area contributed by atoms with Crippen LogP contribution in [0.25, 0.3) is 20.7 Å². The first-order chi connectivity index (χ1) is 12.7. The van der Waals surface area contributed by atoms with Gasteiger partial charge in [-0.05, 0) is 31.2 Å². The molecule has 1 saturated carbocycles. The zero-order valence-electron chi connectivity index (χ0n) is 14.0. The summed E-state index contributed by atoms with van der Waals surface area (Å²) in [4.78, 5) is 26.9. The van der Waals surface area contributed by atoms with Crippen LogP contribution in [0.1, 0.15) is 36.9 Å². The molecule has 0 amide bonds. The summed E-state index contributed by atoms with van der Waals surface area (Å²) in [6.07, 6.45) is 6.33. The first kappa shape index (κ1) is 16.3. The van der Waals surface area contributed by atoms with E-state index in [0.717, 1.165) is 20.4 Å². The number of imidazole rings is 1. The molecule has 0 aromatic carbocycles. The molecule has 1 aliphatic carbocycles. The average molecular weight is 401 g/mol. The number of aromatic amines is 1. The molecule has 0 bridgehead atoms. The quantitative estimate of drug-likeness (QED) is 0.474. The zero-order chi connectivity index (χ0) is 17.7. The van der Waals surface area contributed by atoms with E-state index in [1.807, 2.05) is 35.3 Å². The highest BCUT2D eigenvalue weighted by atomic mass is 32.2. The minimum atomic E-state index is -0.0624. The Morgan fingerprint density at radius 2 is 2.27 bits per heavy atom. The molecule has 5 nitrogen and oxygen atoms in total. The Morgan fingerprint density at radius 3 is 3.04 bits per heavy atom. The first-order valence-corrected chi connectivity index (χ1v) is 11.1. The summed E-state index contributed by atoms with van der Waals surface area (Å²) in [6, 6.07) is 4.63. The molecule has 0 radical (unpaired) electrons. The number of hydrogen-bond acceptors (Lipinski definition) is 6. The molecule has 4 heterocycles. The lowest BCUT2D eigenvalue weighted by Gasteiger charge is -2.11. The fourth-order valence-corrected chi connectivity index (χ4v) is 5.77. The van der Waals surface area contributed by atoms with Crippen LogP contribution in [-0.2, 0) is 0 Å². The number of fused-ring (bicyclic) bond motifs is 1. The van der Waals surface area contributed by atoms with E-state index >= 15 is 0 Å². The molecule has 132 valence electrons. The van der Waals surface area contributed by atoms with Crippen LogP contribution in [0.5, 0.6) is 0 Å². The maximum absolute atomic E-state index is 12.8. The van der Waals surface area contributed by atoms with Gasteiger partial charge in [0.2, 0.25) is 0 Å². The molecule has 1 N–H and O–H groups in total. The van der Waals surface area contributed by atoms with E-state index in [9.17, 15) is 4.79 Å². The van der Waals surface area contributed by atoms with Crippen molar-refractivity contribution in [1.29, 1.82) is 0 Å². The second-order valence-corrected chi connectivity index (χ2v) is 9.48. The maximum Gasteiger partial charge on any atom is 0.260 e. The lowest BCUT2D eigenvalue weighted by atomic mass is 10.2. The Kier molecular flexibility index (Phi) is 3.99.